The van der Waals surface area contributed by atoms with Gasteiger partial charge >= 0.3 is 0 Å². The van der Waals surface area contributed by atoms with E-state index in [0.717, 1.165) is 42.6 Å². The quantitative estimate of drug-likeness (QED) is 0.670. The summed E-state index contributed by atoms with van der Waals surface area (Å²) in [5.74, 6) is 0.858. The molecular formula is C16H22N6OS. The molecule has 0 aromatic carbocycles. The second kappa shape index (κ2) is 7.21. The lowest BCUT2D eigenvalue weighted by molar-refractivity contribution is 0.0923. The molecule has 24 heavy (non-hydrogen) atoms. The number of rotatable bonds is 4. The molecule has 8 heteroatoms. The van der Waals surface area contributed by atoms with E-state index in [1.165, 1.54) is 0 Å². The summed E-state index contributed by atoms with van der Waals surface area (Å²) in [7, 11) is 1.77. The zero-order chi connectivity index (χ0) is 17.1. The number of nitrogens with zero attached hydrogens (tertiary/aromatic N) is 5. The summed E-state index contributed by atoms with van der Waals surface area (Å²) < 4.78 is 1.59. The Morgan fingerprint density at radius 2 is 2.25 bits per heavy atom. The van der Waals surface area contributed by atoms with Crippen molar-refractivity contribution in [3.05, 3.63) is 29.7 Å². The molecule has 2 aromatic heterocycles. The molecule has 1 fully saturated rings. The zero-order valence-corrected chi connectivity index (χ0v) is 15.0. The molecule has 1 amide bonds. The van der Waals surface area contributed by atoms with Gasteiger partial charge in [0, 0.05) is 44.1 Å². The molecule has 2 aromatic rings. The molecule has 0 radical (unpaired) electrons. The summed E-state index contributed by atoms with van der Waals surface area (Å²) in [5, 5.41) is 7.95. The first-order valence-corrected chi connectivity index (χ1v) is 9.23. The number of thioether (sulfide) groups is 1. The van der Waals surface area contributed by atoms with Gasteiger partial charge in [-0.25, -0.2) is 9.97 Å². The highest BCUT2D eigenvalue weighted by Gasteiger charge is 2.24. The Balaban J connectivity index is 1.69. The SMILES string of the molecule is CSc1nc(C)cc(N2CCCC(NC(=O)c3ccnn3C)C2)n1. The van der Waals surface area contributed by atoms with Gasteiger partial charge in [-0.1, -0.05) is 11.8 Å². The minimum Gasteiger partial charge on any atom is -0.354 e. The van der Waals surface area contributed by atoms with Crippen molar-refractivity contribution >= 4 is 23.5 Å². The van der Waals surface area contributed by atoms with Crippen molar-refractivity contribution in [1.82, 2.24) is 25.1 Å². The van der Waals surface area contributed by atoms with Crippen LogP contribution in [0.25, 0.3) is 0 Å². The molecule has 3 rings (SSSR count). The lowest BCUT2D eigenvalue weighted by atomic mass is 10.1. The summed E-state index contributed by atoms with van der Waals surface area (Å²) in [6, 6.07) is 3.84. The van der Waals surface area contributed by atoms with Gasteiger partial charge in [0.2, 0.25) is 0 Å². The molecule has 1 aliphatic heterocycles. The summed E-state index contributed by atoms with van der Waals surface area (Å²) in [6.45, 7) is 3.69. The summed E-state index contributed by atoms with van der Waals surface area (Å²) >= 11 is 1.54. The zero-order valence-electron chi connectivity index (χ0n) is 14.2. The van der Waals surface area contributed by atoms with E-state index in [1.807, 2.05) is 19.2 Å². The van der Waals surface area contributed by atoms with Crippen LogP contribution in [0.3, 0.4) is 0 Å². The van der Waals surface area contributed by atoms with Crippen LogP contribution >= 0.6 is 11.8 Å². The third kappa shape index (κ3) is 3.69. The van der Waals surface area contributed by atoms with Crippen molar-refractivity contribution in [3.8, 4) is 0 Å². The second-order valence-electron chi connectivity index (χ2n) is 5.95. The van der Waals surface area contributed by atoms with Crippen molar-refractivity contribution < 1.29 is 4.79 Å². The molecule has 128 valence electrons. The van der Waals surface area contributed by atoms with Crippen molar-refractivity contribution in [2.45, 2.75) is 31.0 Å². The molecule has 3 heterocycles. The standard InChI is InChI=1S/C16H22N6OS/c1-11-9-14(20-16(18-11)24-3)22-8-4-5-12(10-22)19-15(23)13-6-7-17-21(13)2/h6-7,9,12H,4-5,8,10H2,1-3H3,(H,19,23). The average molecular weight is 346 g/mol. The molecule has 1 saturated heterocycles. The van der Waals surface area contributed by atoms with Crippen LogP contribution in [0.1, 0.15) is 29.0 Å². The highest BCUT2D eigenvalue weighted by molar-refractivity contribution is 7.98. The molecule has 0 spiro atoms. The number of carbonyl (C=O) groups is 1. The Labute approximate surface area is 145 Å². The van der Waals surface area contributed by atoms with Gasteiger partial charge < -0.3 is 10.2 Å². The fraction of sp³-hybridized carbons (Fsp3) is 0.500. The van der Waals surface area contributed by atoms with Gasteiger partial charge in [0.1, 0.15) is 11.5 Å². The number of amides is 1. The topological polar surface area (TPSA) is 75.9 Å². The smallest absolute Gasteiger partial charge is 0.269 e. The highest BCUT2D eigenvalue weighted by Crippen LogP contribution is 2.21. The number of aryl methyl sites for hydroxylation is 2. The fourth-order valence-electron chi connectivity index (χ4n) is 2.94. The maximum absolute atomic E-state index is 12.4. The van der Waals surface area contributed by atoms with Crippen molar-refractivity contribution in [1.29, 1.82) is 0 Å². The number of hydrogen-bond acceptors (Lipinski definition) is 6. The summed E-state index contributed by atoms with van der Waals surface area (Å²) in [6.07, 6.45) is 5.61. The first kappa shape index (κ1) is 16.8. The van der Waals surface area contributed by atoms with Crippen LogP contribution in [0.5, 0.6) is 0 Å². The van der Waals surface area contributed by atoms with E-state index in [1.54, 1.807) is 35.8 Å². The molecule has 7 nitrogen and oxygen atoms in total. The highest BCUT2D eigenvalue weighted by atomic mass is 32.2. The summed E-state index contributed by atoms with van der Waals surface area (Å²) in [5.41, 5.74) is 1.54. The Kier molecular flexibility index (Phi) is 5.03. The van der Waals surface area contributed by atoms with Gasteiger partial charge in [0.05, 0.1) is 0 Å². The van der Waals surface area contributed by atoms with E-state index in [9.17, 15) is 4.79 Å². The van der Waals surface area contributed by atoms with Gasteiger partial charge in [-0.15, -0.1) is 0 Å². The van der Waals surface area contributed by atoms with Crippen molar-refractivity contribution in [3.63, 3.8) is 0 Å². The number of aromatic nitrogens is 4. The van der Waals surface area contributed by atoms with Crippen LogP contribution in [0, 0.1) is 6.92 Å². The predicted molar refractivity (Wildman–Crippen MR) is 94.5 cm³/mol. The lowest BCUT2D eigenvalue weighted by Gasteiger charge is -2.34. The molecule has 0 bridgehead atoms. The number of piperidine rings is 1. The van der Waals surface area contributed by atoms with Crippen molar-refractivity contribution in [2.75, 3.05) is 24.2 Å². The van der Waals surface area contributed by atoms with E-state index >= 15 is 0 Å². The minimum atomic E-state index is -0.0782. The van der Waals surface area contributed by atoms with Gasteiger partial charge in [-0.3, -0.25) is 9.48 Å². The van der Waals surface area contributed by atoms with E-state index in [-0.39, 0.29) is 11.9 Å². The predicted octanol–water partition coefficient (Wildman–Crippen LogP) is 1.64. The Hall–Kier alpha value is -2.09. The maximum Gasteiger partial charge on any atom is 0.269 e. The molecule has 1 unspecified atom stereocenters. The Morgan fingerprint density at radius 3 is 2.96 bits per heavy atom. The van der Waals surface area contributed by atoms with Gasteiger partial charge in [0.25, 0.3) is 5.91 Å². The number of nitrogens with one attached hydrogen (secondary N) is 1. The molecule has 1 atom stereocenters. The molecule has 0 aliphatic carbocycles. The lowest BCUT2D eigenvalue weighted by Crippen LogP contribution is -2.48. The van der Waals surface area contributed by atoms with Crippen LogP contribution in [0.4, 0.5) is 5.82 Å². The molecule has 0 saturated carbocycles. The molecule has 1 N–H and O–H groups in total. The van der Waals surface area contributed by atoms with Crippen LogP contribution in [0.2, 0.25) is 0 Å². The average Bonchev–Trinajstić information content (AvgIpc) is 3.00. The van der Waals surface area contributed by atoms with E-state index in [0.29, 0.717) is 5.69 Å². The normalized spacial score (nSPS) is 17.8. The van der Waals surface area contributed by atoms with Crippen LogP contribution < -0.4 is 10.2 Å². The first-order chi connectivity index (χ1) is 11.6. The van der Waals surface area contributed by atoms with E-state index in [4.69, 9.17) is 0 Å². The Morgan fingerprint density at radius 1 is 1.42 bits per heavy atom. The monoisotopic (exact) mass is 346 g/mol. The second-order valence-corrected chi connectivity index (χ2v) is 6.73. The third-order valence-electron chi connectivity index (χ3n) is 4.14. The molecule has 1 aliphatic rings. The van der Waals surface area contributed by atoms with E-state index in [2.05, 4.69) is 25.3 Å². The summed E-state index contributed by atoms with van der Waals surface area (Å²) in [4.78, 5) is 23.6. The number of anilines is 1. The van der Waals surface area contributed by atoms with Gasteiger partial charge in [0.15, 0.2) is 5.16 Å². The number of carbonyl (C=O) groups excluding carboxylic acids is 1. The van der Waals surface area contributed by atoms with Crippen LogP contribution in [-0.4, -0.2) is 51.0 Å². The molecular weight excluding hydrogens is 324 g/mol. The van der Waals surface area contributed by atoms with Gasteiger partial charge in [-0.05, 0) is 32.1 Å². The largest absolute Gasteiger partial charge is 0.354 e. The maximum atomic E-state index is 12.4. The third-order valence-corrected chi connectivity index (χ3v) is 4.68. The van der Waals surface area contributed by atoms with E-state index < -0.39 is 0 Å². The van der Waals surface area contributed by atoms with Gasteiger partial charge in [-0.2, -0.15) is 5.10 Å². The fourth-order valence-corrected chi connectivity index (χ4v) is 3.36. The first-order valence-electron chi connectivity index (χ1n) is 8.00. The minimum absolute atomic E-state index is 0.0782. The van der Waals surface area contributed by atoms with Crippen LogP contribution in [0.15, 0.2) is 23.5 Å². The Bertz CT molecular complexity index is 731. The number of hydrogen-bond donors (Lipinski definition) is 1. The van der Waals surface area contributed by atoms with Crippen LogP contribution in [-0.2, 0) is 7.05 Å². The van der Waals surface area contributed by atoms with Crippen molar-refractivity contribution in [2.24, 2.45) is 7.05 Å².